The topological polar surface area (TPSA) is 47.3 Å². The van der Waals surface area contributed by atoms with Crippen molar-refractivity contribution in [2.75, 3.05) is 13.7 Å². The molecule has 4 nitrogen and oxygen atoms in total. The van der Waals surface area contributed by atoms with E-state index < -0.39 is 0 Å². The molecule has 1 unspecified atom stereocenters. The van der Waals surface area contributed by atoms with Crippen LogP contribution in [0.3, 0.4) is 0 Å². The molecule has 0 aliphatic carbocycles. The van der Waals surface area contributed by atoms with E-state index in [4.69, 9.17) is 9.26 Å². The van der Waals surface area contributed by atoms with E-state index in [2.05, 4.69) is 17.4 Å². The first kappa shape index (κ1) is 10.2. The largest absolute Gasteiger partial charge is 0.383 e. The van der Waals surface area contributed by atoms with Crippen LogP contribution in [0.4, 0.5) is 0 Å². The number of aromatic nitrogens is 1. The summed E-state index contributed by atoms with van der Waals surface area (Å²) in [6.45, 7) is 5.38. The van der Waals surface area contributed by atoms with Gasteiger partial charge in [-0.25, -0.2) is 0 Å². The van der Waals surface area contributed by atoms with E-state index in [9.17, 15) is 0 Å². The lowest BCUT2D eigenvalue weighted by molar-refractivity contribution is 0.171. The maximum atomic E-state index is 4.99. The average molecular weight is 184 g/mol. The van der Waals surface area contributed by atoms with E-state index in [0.717, 1.165) is 18.0 Å². The second kappa shape index (κ2) is 4.99. The number of methoxy groups -OCH3 is 1. The highest BCUT2D eigenvalue weighted by atomic mass is 16.5. The molecule has 0 fully saturated rings. The summed E-state index contributed by atoms with van der Waals surface area (Å²) in [6, 6.07) is 2.26. The molecule has 1 atom stereocenters. The first-order valence-electron chi connectivity index (χ1n) is 4.37. The molecule has 1 aromatic heterocycles. The van der Waals surface area contributed by atoms with Crippen molar-refractivity contribution in [1.29, 1.82) is 0 Å². The first-order valence-corrected chi connectivity index (χ1v) is 4.37. The number of hydrogen-bond donors (Lipinski definition) is 1. The van der Waals surface area contributed by atoms with Gasteiger partial charge in [-0.05, 0) is 13.8 Å². The predicted octanol–water partition coefficient (Wildman–Crippen LogP) is 1.11. The zero-order valence-electron chi connectivity index (χ0n) is 8.33. The van der Waals surface area contributed by atoms with Gasteiger partial charge >= 0.3 is 0 Å². The Labute approximate surface area is 78.2 Å². The van der Waals surface area contributed by atoms with Crippen molar-refractivity contribution in [2.24, 2.45) is 0 Å². The molecular weight excluding hydrogens is 168 g/mol. The molecule has 1 heterocycles. The van der Waals surface area contributed by atoms with Gasteiger partial charge in [0.15, 0.2) is 0 Å². The number of rotatable bonds is 5. The molecule has 0 spiro atoms. The molecule has 1 N–H and O–H groups in total. The van der Waals surface area contributed by atoms with Crippen LogP contribution in [0.1, 0.15) is 18.4 Å². The third kappa shape index (κ3) is 3.57. The Morgan fingerprint density at radius 1 is 1.69 bits per heavy atom. The van der Waals surface area contributed by atoms with Crippen LogP contribution in [0.5, 0.6) is 0 Å². The maximum Gasteiger partial charge on any atom is 0.133 e. The van der Waals surface area contributed by atoms with Crippen molar-refractivity contribution >= 4 is 0 Å². The van der Waals surface area contributed by atoms with Crippen LogP contribution in [-0.4, -0.2) is 24.9 Å². The zero-order chi connectivity index (χ0) is 9.68. The summed E-state index contributed by atoms with van der Waals surface area (Å²) in [4.78, 5) is 0. The van der Waals surface area contributed by atoms with Crippen LogP contribution < -0.4 is 5.32 Å². The fourth-order valence-corrected chi connectivity index (χ4v) is 1.09. The maximum absolute atomic E-state index is 4.99. The predicted molar refractivity (Wildman–Crippen MR) is 49.4 cm³/mol. The van der Waals surface area contributed by atoms with E-state index >= 15 is 0 Å². The molecule has 0 aliphatic heterocycles. The fourth-order valence-electron chi connectivity index (χ4n) is 1.09. The van der Waals surface area contributed by atoms with Gasteiger partial charge in [0, 0.05) is 25.8 Å². The van der Waals surface area contributed by atoms with Crippen molar-refractivity contribution in [3.8, 4) is 0 Å². The lowest BCUT2D eigenvalue weighted by atomic mass is 10.3. The molecule has 1 rings (SSSR count). The Morgan fingerprint density at radius 2 is 2.46 bits per heavy atom. The Hall–Kier alpha value is -0.870. The SMILES string of the molecule is COCC(C)NCc1cc(C)on1. The molecule has 0 radical (unpaired) electrons. The molecular formula is C9H16N2O2. The first-order chi connectivity index (χ1) is 6.22. The summed E-state index contributed by atoms with van der Waals surface area (Å²) >= 11 is 0. The van der Waals surface area contributed by atoms with Gasteiger partial charge in [0.25, 0.3) is 0 Å². The van der Waals surface area contributed by atoms with Gasteiger partial charge in [-0.2, -0.15) is 0 Å². The lowest BCUT2D eigenvalue weighted by Gasteiger charge is -2.10. The van der Waals surface area contributed by atoms with E-state index in [1.54, 1.807) is 7.11 Å². The molecule has 4 heteroatoms. The smallest absolute Gasteiger partial charge is 0.133 e. The van der Waals surface area contributed by atoms with Gasteiger partial charge in [-0.1, -0.05) is 5.16 Å². The van der Waals surface area contributed by atoms with Gasteiger partial charge in [-0.3, -0.25) is 0 Å². The summed E-state index contributed by atoms with van der Waals surface area (Å²) < 4.78 is 9.93. The quantitative estimate of drug-likeness (QED) is 0.744. The lowest BCUT2D eigenvalue weighted by Crippen LogP contribution is -2.29. The molecule has 0 aliphatic rings. The van der Waals surface area contributed by atoms with Crippen molar-refractivity contribution in [2.45, 2.75) is 26.4 Å². The second-order valence-corrected chi connectivity index (χ2v) is 3.17. The van der Waals surface area contributed by atoms with Gasteiger partial charge in [0.05, 0.1) is 12.3 Å². The molecule has 0 bridgehead atoms. The average Bonchev–Trinajstić information content (AvgIpc) is 2.49. The van der Waals surface area contributed by atoms with Gasteiger partial charge < -0.3 is 14.6 Å². The zero-order valence-corrected chi connectivity index (χ0v) is 8.33. The number of nitrogens with one attached hydrogen (secondary N) is 1. The minimum Gasteiger partial charge on any atom is -0.383 e. The third-order valence-corrected chi connectivity index (χ3v) is 1.73. The summed E-state index contributed by atoms with van der Waals surface area (Å²) in [5.74, 6) is 0.844. The van der Waals surface area contributed by atoms with E-state index in [1.165, 1.54) is 0 Å². The Kier molecular flexibility index (Phi) is 3.92. The number of nitrogens with zero attached hydrogens (tertiary/aromatic N) is 1. The normalized spacial score (nSPS) is 13.2. The molecule has 0 saturated carbocycles. The van der Waals surface area contributed by atoms with Gasteiger partial charge in [0.1, 0.15) is 5.76 Å². The minimum absolute atomic E-state index is 0.335. The Balaban J connectivity index is 2.26. The molecule has 13 heavy (non-hydrogen) atoms. The number of ether oxygens (including phenoxy) is 1. The highest BCUT2D eigenvalue weighted by Gasteiger charge is 2.03. The van der Waals surface area contributed by atoms with E-state index in [-0.39, 0.29) is 0 Å². The Morgan fingerprint density at radius 3 is 3.00 bits per heavy atom. The standard InChI is InChI=1S/C9H16N2O2/c1-7(6-12-3)10-5-9-4-8(2)13-11-9/h4,7,10H,5-6H2,1-3H3. The third-order valence-electron chi connectivity index (χ3n) is 1.73. The van der Waals surface area contributed by atoms with Crippen LogP contribution >= 0.6 is 0 Å². The van der Waals surface area contributed by atoms with Crippen molar-refractivity contribution in [3.63, 3.8) is 0 Å². The van der Waals surface area contributed by atoms with Crippen LogP contribution in [0.25, 0.3) is 0 Å². The van der Waals surface area contributed by atoms with Gasteiger partial charge in [0.2, 0.25) is 0 Å². The summed E-state index contributed by atoms with van der Waals surface area (Å²) in [5.41, 5.74) is 0.931. The summed E-state index contributed by atoms with van der Waals surface area (Å²) in [5, 5.41) is 7.14. The highest BCUT2D eigenvalue weighted by molar-refractivity contribution is 5.02. The number of hydrogen-bond acceptors (Lipinski definition) is 4. The van der Waals surface area contributed by atoms with Crippen molar-refractivity contribution in [3.05, 3.63) is 17.5 Å². The van der Waals surface area contributed by atoms with E-state index in [0.29, 0.717) is 12.6 Å². The summed E-state index contributed by atoms with van der Waals surface area (Å²) in [7, 11) is 1.69. The molecule has 0 amide bonds. The van der Waals surface area contributed by atoms with Crippen LogP contribution in [0.15, 0.2) is 10.6 Å². The fraction of sp³-hybridized carbons (Fsp3) is 0.667. The molecule has 0 aromatic carbocycles. The highest BCUT2D eigenvalue weighted by Crippen LogP contribution is 2.00. The van der Waals surface area contributed by atoms with Crippen LogP contribution in [-0.2, 0) is 11.3 Å². The van der Waals surface area contributed by atoms with Crippen molar-refractivity contribution in [1.82, 2.24) is 10.5 Å². The molecule has 1 aromatic rings. The molecule has 74 valence electrons. The molecule has 0 saturated heterocycles. The van der Waals surface area contributed by atoms with E-state index in [1.807, 2.05) is 13.0 Å². The monoisotopic (exact) mass is 184 g/mol. The number of aryl methyl sites for hydroxylation is 1. The Bertz CT molecular complexity index is 248. The summed E-state index contributed by atoms with van der Waals surface area (Å²) in [6.07, 6.45) is 0. The van der Waals surface area contributed by atoms with Crippen LogP contribution in [0.2, 0.25) is 0 Å². The second-order valence-electron chi connectivity index (χ2n) is 3.17. The van der Waals surface area contributed by atoms with Gasteiger partial charge in [-0.15, -0.1) is 0 Å². The van der Waals surface area contributed by atoms with Crippen LogP contribution in [0, 0.1) is 6.92 Å². The van der Waals surface area contributed by atoms with Crippen molar-refractivity contribution < 1.29 is 9.26 Å². The minimum atomic E-state index is 0.335.